The molecule has 2 aromatic heterocycles. The molecular weight excluding hydrogens is 298 g/mol. The Bertz CT molecular complexity index is 666. The molecule has 2 aromatic rings. The molecule has 0 bridgehead atoms. The van der Waals surface area contributed by atoms with Gasteiger partial charge >= 0.3 is 6.09 Å². The van der Waals surface area contributed by atoms with Gasteiger partial charge in [-0.2, -0.15) is 0 Å². The number of hydrogen-bond acceptors (Lipinski definition) is 6. The summed E-state index contributed by atoms with van der Waals surface area (Å²) >= 11 is 0. The smallest absolute Gasteiger partial charge is 0.411 e. The monoisotopic (exact) mass is 319 g/mol. The highest BCUT2D eigenvalue weighted by molar-refractivity contribution is 5.81. The van der Waals surface area contributed by atoms with E-state index >= 15 is 0 Å². The number of amides is 1. The Morgan fingerprint density at radius 3 is 2.87 bits per heavy atom. The van der Waals surface area contributed by atoms with Gasteiger partial charge < -0.3 is 15.3 Å². The van der Waals surface area contributed by atoms with Gasteiger partial charge in [0, 0.05) is 18.9 Å². The summed E-state index contributed by atoms with van der Waals surface area (Å²) in [5, 5.41) is 22.1. The average Bonchev–Trinajstić information content (AvgIpc) is 2.96. The van der Waals surface area contributed by atoms with E-state index in [-0.39, 0.29) is 5.95 Å². The predicted octanol–water partition coefficient (Wildman–Crippen LogP) is 1.50. The molecule has 124 valence electrons. The van der Waals surface area contributed by atoms with Crippen LogP contribution in [0.15, 0.2) is 12.4 Å². The molecule has 0 aromatic carbocycles. The Kier molecular flexibility index (Phi) is 4.86. The third kappa shape index (κ3) is 3.86. The molecule has 3 heterocycles. The van der Waals surface area contributed by atoms with Crippen LogP contribution in [0.3, 0.4) is 0 Å². The Hall–Kier alpha value is -2.42. The van der Waals surface area contributed by atoms with E-state index in [4.69, 9.17) is 5.11 Å². The number of nitrogens with one attached hydrogen (secondary N) is 2. The van der Waals surface area contributed by atoms with Gasteiger partial charge in [0.05, 0.1) is 0 Å². The molecule has 1 saturated heterocycles. The highest BCUT2D eigenvalue weighted by Crippen LogP contribution is 2.15. The summed E-state index contributed by atoms with van der Waals surface area (Å²) in [6.45, 7) is 4.26. The molecule has 0 saturated carbocycles. The van der Waals surface area contributed by atoms with Crippen LogP contribution < -0.4 is 10.6 Å². The lowest BCUT2D eigenvalue weighted by atomic mass is 10.1. The quantitative estimate of drug-likeness (QED) is 0.692. The van der Waals surface area contributed by atoms with Crippen molar-refractivity contribution in [2.75, 3.05) is 36.8 Å². The number of carboxylic acid groups (broad SMARTS) is 1. The molecule has 9 nitrogen and oxygen atoms in total. The maximum Gasteiger partial charge on any atom is 0.411 e. The minimum absolute atomic E-state index is 0.159. The zero-order chi connectivity index (χ0) is 16.1. The number of carbonyl (C=O) groups is 1. The number of likely N-dealkylation sites (tertiary alicyclic amines) is 1. The van der Waals surface area contributed by atoms with E-state index in [1.54, 1.807) is 16.8 Å². The molecule has 1 fully saturated rings. The van der Waals surface area contributed by atoms with Crippen molar-refractivity contribution in [3.63, 3.8) is 0 Å². The number of rotatable bonds is 6. The third-order valence-electron chi connectivity index (χ3n) is 3.94. The first-order valence-corrected chi connectivity index (χ1v) is 7.90. The summed E-state index contributed by atoms with van der Waals surface area (Å²) in [7, 11) is 0. The van der Waals surface area contributed by atoms with Gasteiger partial charge in [0.25, 0.3) is 0 Å². The van der Waals surface area contributed by atoms with E-state index in [1.807, 2.05) is 0 Å². The fraction of sp³-hybridized carbons (Fsp3) is 0.571. The summed E-state index contributed by atoms with van der Waals surface area (Å²) in [6, 6.07) is 0. The number of fused-ring (bicyclic) bond motifs is 1. The van der Waals surface area contributed by atoms with Crippen LogP contribution >= 0.6 is 0 Å². The number of hydrogen-bond donors (Lipinski definition) is 3. The van der Waals surface area contributed by atoms with Crippen molar-refractivity contribution in [3.8, 4) is 0 Å². The molecule has 3 rings (SSSR count). The average molecular weight is 319 g/mol. The van der Waals surface area contributed by atoms with E-state index in [1.165, 1.54) is 32.4 Å². The van der Waals surface area contributed by atoms with Gasteiger partial charge in [-0.15, -0.1) is 10.2 Å². The normalized spacial score (nSPS) is 15.7. The second-order valence-corrected chi connectivity index (χ2v) is 5.61. The van der Waals surface area contributed by atoms with Crippen LogP contribution in [0.4, 0.5) is 16.6 Å². The largest absolute Gasteiger partial charge is 0.465 e. The van der Waals surface area contributed by atoms with Crippen LogP contribution in [0.5, 0.6) is 0 Å². The molecule has 3 N–H and O–H groups in total. The molecule has 0 aliphatic carbocycles. The fourth-order valence-corrected chi connectivity index (χ4v) is 2.82. The van der Waals surface area contributed by atoms with Crippen LogP contribution in [0.1, 0.15) is 25.7 Å². The zero-order valence-electron chi connectivity index (χ0n) is 12.9. The van der Waals surface area contributed by atoms with Gasteiger partial charge in [-0.3, -0.25) is 9.72 Å². The maximum atomic E-state index is 10.7. The molecule has 23 heavy (non-hydrogen) atoms. The fourth-order valence-electron chi connectivity index (χ4n) is 2.82. The van der Waals surface area contributed by atoms with Crippen LogP contribution in [0.2, 0.25) is 0 Å². The van der Waals surface area contributed by atoms with Crippen LogP contribution in [-0.4, -0.2) is 61.9 Å². The first kappa shape index (κ1) is 15.5. The zero-order valence-corrected chi connectivity index (χ0v) is 12.9. The topological polar surface area (TPSA) is 108 Å². The first-order valence-electron chi connectivity index (χ1n) is 7.90. The minimum atomic E-state index is -1.17. The Morgan fingerprint density at radius 1 is 1.26 bits per heavy atom. The summed E-state index contributed by atoms with van der Waals surface area (Å²) < 4.78 is 1.56. The van der Waals surface area contributed by atoms with Crippen molar-refractivity contribution in [1.29, 1.82) is 0 Å². The molecule has 0 radical (unpaired) electrons. The summed E-state index contributed by atoms with van der Waals surface area (Å²) in [5.41, 5.74) is 0.509. The van der Waals surface area contributed by atoms with Crippen LogP contribution in [0, 0.1) is 0 Å². The van der Waals surface area contributed by atoms with Crippen molar-refractivity contribution in [2.24, 2.45) is 0 Å². The van der Waals surface area contributed by atoms with Gasteiger partial charge in [-0.25, -0.2) is 9.78 Å². The molecule has 0 spiro atoms. The van der Waals surface area contributed by atoms with Gasteiger partial charge in [-0.05, 0) is 38.9 Å². The van der Waals surface area contributed by atoms with E-state index < -0.39 is 6.09 Å². The van der Waals surface area contributed by atoms with Crippen molar-refractivity contribution < 1.29 is 9.90 Å². The van der Waals surface area contributed by atoms with E-state index in [2.05, 4.69) is 30.7 Å². The Balaban J connectivity index is 1.57. The number of aromatic nitrogens is 4. The maximum absolute atomic E-state index is 10.7. The summed E-state index contributed by atoms with van der Waals surface area (Å²) in [4.78, 5) is 17.5. The molecule has 0 unspecified atom stereocenters. The molecule has 9 heteroatoms. The van der Waals surface area contributed by atoms with E-state index in [9.17, 15) is 4.79 Å². The number of anilines is 2. The van der Waals surface area contributed by atoms with Gasteiger partial charge in [-0.1, -0.05) is 6.42 Å². The van der Waals surface area contributed by atoms with Crippen molar-refractivity contribution >= 4 is 23.5 Å². The minimum Gasteiger partial charge on any atom is -0.465 e. The van der Waals surface area contributed by atoms with Gasteiger partial charge in [0.1, 0.15) is 0 Å². The summed E-state index contributed by atoms with van der Waals surface area (Å²) in [6.07, 6.45) is 7.01. The van der Waals surface area contributed by atoms with Crippen molar-refractivity contribution in [3.05, 3.63) is 12.4 Å². The lowest BCUT2D eigenvalue weighted by molar-refractivity contribution is 0.209. The standard InChI is InChI=1S/C14H21N7O2/c22-14(23)17-13-19-18-12-11(16-6-10-21(12)13)15-5-4-9-20-7-2-1-3-8-20/h6,10H,1-5,7-9H2,(H,15,16)(H,17,19)(H,22,23). The molecular formula is C14H21N7O2. The molecule has 1 aliphatic rings. The predicted molar refractivity (Wildman–Crippen MR) is 85.8 cm³/mol. The second kappa shape index (κ2) is 7.23. The van der Waals surface area contributed by atoms with Crippen molar-refractivity contribution in [2.45, 2.75) is 25.7 Å². The van der Waals surface area contributed by atoms with Gasteiger partial charge in [0.2, 0.25) is 11.6 Å². The third-order valence-corrected chi connectivity index (χ3v) is 3.94. The highest BCUT2D eigenvalue weighted by Gasteiger charge is 2.12. The first-order chi connectivity index (χ1) is 11.2. The van der Waals surface area contributed by atoms with E-state index in [0.29, 0.717) is 11.5 Å². The summed E-state index contributed by atoms with van der Waals surface area (Å²) in [5.74, 6) is 0.767. The SMILES string of the molecule is O=C(O)Nc1nnc2c(NCCCN3CCCCC3)nccn12. The Labute approximate surface area is 133 Å². The number of piperidine rings is 1. The lowest BCUT2D eigenvalue weighted by Crippen LogP contribution is -2.31. The highest BCUT2D eigenvalue weighted by atomic mass is 16.4. The molecule has 1 aliphatic heterocycles. The second-order valence-electron chi connectivity index (χ2n) is 5.61. The van der Waals surface area contributed by atoms with Crippen LogP contribution in [0.25, 0.3) is 5.65 Å². The van der Waals surface area contributed by atoms with Crippen molar-refractivity contribution in [1.82, 2.24) is 24.5 Å². The number of nitrogens with zero attached hydrogens (tertiary/aromatic N) is 5. The molecule has 0 atom stereocenters. The van der Waals surface area contributed by atoms with E-state index in [0.717, 1.165) is 19.5 Å². The molecule has 1 amide bonds. The van der Waals surface area contributed by atoms with Gasteiger partial charge in [0.15, 0.2) is 5.82 Å². The van der Waals surface area contributed by atoms with Crippen LogP contribution in [-0.2, 0) is 0 Å². The lowest BCUT2D eigenvalue weighted by Gasteiger charge is -2.26. The Morgan fingerprint density at radius 2 is 2.09 bits per heavy atom.